The fourth-order valence-corrected chi connectivity index (χ4v) is 2.22. The maximum Gasteiger partial charge on any atom is 0.182 e. The van der Waals surface area contributed by atoms with E-state index < -0.39 is 0 Å². The monoisotopic (exact) mass is 261 g/mol. The zero-order chi connectivity index (χ0) is 13.2. The zero-order valence-corrected chi connectivity index (χ0v) is 10.6. The third kappa shape index (κ3) is 2.12. The number of nitrogens with zero attached hydrogens (tertiary/aromatic N) is 4. The fraction of sp³-hybridized carbons (Fsp3) is 0.417. The molecule has 2 aromatic rings. The highest BCUT2D eigenvalue weighted by atomic mass is 16.5. The molecule has 0 saturated carbocycles. The summed E-state index contributed by atoms with van der Waals surface area (Å²) in [7, 11) is 1.59. The van der Waals surface area contributed by atoms with E-state index in [4.69, 9.17) is 15.2 Å². The van der Waals surface area contributed by atoms with Gasteiger partial charge in [-0.15, -0.1) is 5.10 Å². The highest BCUT2D eigenvalue weighted by Gasteiger charge is 2.23. The van der Waals surface area contributed by atoms with Crippen LogP contribution in [0.4, 0.5) is 5.69 Å². The molecule has 1 fully saturated rings. The van der Waals surface area contributed by atoms with Crippen LogP contribution in [0.3, 0.4) is 0 Å². The molecule has 1 unspecified atom stereocenters. The Morgan fingerprint density at radius 3 is 3.05 bits per heavy atom. The number of ether oxygens (including phenoxy) is 2. The van der Waals surface area contributed by atoms with Gasteiger partial charge in [-0.1, -0.05) is 0 Å². The summed E-state index contributed by atoms with van der Waals surface area (Å²) in [6, 6.07) is 5.71. The van der Waals surface area contributed by atoms with Gasteiger partial charge in [-0.05, 0) is 35.0 Å². The molecule has 1 aromatic heterocycles. The van der Waals surface area contributed by atoms with Crippen molar-refractivity contribution >= 4 is 5.69 Å². The Balaban J connectivity index is 1.98. The van der Waals surface area contributed by atoms with Gasteiger partial charge in [-0.3, -0.25) is 0 Å². The molecule has 0 bridgehead atoms. The first-order valence-corrected chi connectivity index (χ1v) is 6.09. The average molecular weight is 261 g/mol. The van der Waals surface area contributed by atoms with Crippen LogP contribution in [0.15, 0.2) is 18.2 Å². The van der Waals surface area contributed by atoms with Crippen LogP contribution in [0.2, 0.25) is 0 Å². The van der Waals surface area contributed by atoms with Gasteiger partial charge in [0.15, 0.2) is 5.82 Å². The summed E-state index contributed by atoms with van der Waals surface area (Å²) in [4.78, 5) is 0. The smallest absolute Gasteiger partial charge is 0.182 e. The lowest BCUT2D eigenvalue weighted by Crippen LogP contribution is -2.12. The molecule has 7 nitrogen and oxygen atoms in total. The normalized spacial score (nSPS) is 18.7. The van der Waals surface area contributed by atoms with Crippen LogP contribution < -0.4 is 10.5 Å². The highest BCUT2D eigenvalue weighted by Crippen LogP contribution is 2.29. The van der Waals surface area contributed by atoms with Crippen LogP contribution in [0, 0.1) is 0 Å². The number of hydrogen-bond acceptors (Lipinski definition) is 6. The molecule has 100 valence electrons. The van der Waals surface area contributed by atoms with Crippen LogP contribution in [-0.2, 0) is 4.74 Å². The quantitative estimate of drug-likeness (QED) is 0.825. The lowest BCUT2D eigenvalue weighted by molar-refractivity contribution is 0.184. The molecule has 1 aliphatic heterocycles. The van der Waals surface area contributed by atoms with Crippen molar-refractivity contribution in [1.82, 2.24) is 20.2 Å². The number of nitrogens with two attached hydrogens (primary N) is 1. The van der Waals surface area contributed by atoms with E-state index in [0.29, 0.717) is 23.9 Å². The number of methoxy groups -OCH3 is 1. The van der Waals surface area contributed by atoms with E-state index in [1.807, 2.05) is 18.2 Å². The summed E-state index contributed by atoms with van der Waals surface area (Å²) in [5.41, 5.74) is 7.35. The second kappa shape index (κ2) is 4.85. The third-order valence-electron chi connectivity index (χ3n) is 3.23. The molecule has 0 aliphatic carbocycles. The topological polar surface area (TPSA) is 88.1 Å². The number of anilines is 1. The molecule has 0 spiro atoms. The number of nitrogen functional groups attached to an aromatic ring is 1. The number of rotatable bonds is 3. The molecule has 3 rings (SSSR count). The van der Waals surface area contributed by atoms with Crippen LogP contribution in [0.5, 0.6) is 5.75 Å². The molecule has 1 saturated heterocycles. The molecule has 2 heterocycles. The number of aromatic nitrogens is 4. The van der Waals surface area contributed by atoms with E-state index in [2.05, 4.69) is 15.5 Å². The summed E-state index contributed by atoms with van der Waals surface area (Å²) < 4.78 is 12.3. The Morgan fingerprint density at radius 1 is 1.47 bits per heavy atom. The minimum atomic E-state index is 0.188. The highest BCUT2D eigenvalue weighted by molar-refractivity contribution is 5.66. The Kier molecular flexibility index (Phi) is 3.04. The van der Waals surface area contributed by atoms with Crippen LogP contribution in [0.1, 0.15) is 12.5 Å². The molecule has 2 N–H and O–H groups in total. The van der Waals surface area contributed by atoms with Crippen molar-refractivity contribution in [3.05, 3.63) is 18.2 Å². The summed E-state index contributed by atoms with van der Waals surface area (Å²) in [5.74, 6) is 1.34. The van der Waals surface area contributed by atoms with Gasteiger partial charge in [0.05, 0.1) is 25.4 Å². The lowest BCUT2D eigenvalue weighted by atomic mass is 10.1. The molecule has 1 aromatic carbocycles. The first kappa shape index (κ1) is 11.9. The van der Waals surface area contributed by atoms with Crippen molar-refractivity contribution in [2.24, 2.45) is 0 Å². The Hall–Kier alpha value is -2.15. The van der Waals surface area contributed by atoms with E-state index in [-0.39, 0.29) is 6.04 Å². The van der Waals surface area contributed by atoms with E-state index >= 15 is 0 Å². The van der Waals surface area contributed by atoms with Crippen molar-refractivity contribution in [3.63, 3.8) is 0 Å². The van der Waals surface area contributed by atoms with Gasteiger partial charge in [0.2, 0.25) is 0 Å². The average Bonchev–Trinajstić information content (AvgIpc) is 3.09. The predicted octanol–water partition coefficient (Wildman–Crippen LogP) is 0.892. The molecule has 7 heteroatoms. The Bertz CT molecular complexity index is 577. The van der Waals surface area contributed by atoms with Crippen molar-refractivity contribution in [2.75, 3.05) is 26.1 Å². The number of tetrazole rings is 1. The van der Waals surface area contributed by atoms with Crippen molar-refractivity contribution in [3.8, 4) is 17.1 Å². The number of hydrogen-bond donors (Lipinski definition) is 1. The van der Waals surface area contributed by atoms with Gasteiger partial charge >= 0.3 is 0 Å². The first-order valence-electron chi connectivity index (χ1n) is 6.09. The summed E-state index contributed by atoms with van der Waals surface area (Å²) in [6.07, 6.45) is 0.920. The molecule has 0 amide bonds. The molecular formula is C12H15N5O2. The van der Waals surface area contributed by atoms with E-state index in [1.54, 1.807) is 11.8 Å². The first-order chi connectivity index (χ1) is 9.29. The maximum atomic E-state index is 5.91. The van der Waals surface area contributed by atoms with Crippen molar-refractivity contribution in [2.45, 2.75) is 12.5 Å². The summed E-state index contributed by atoms with van der Waals surface area (Å²) in [5, 5.41) is 11.9. The number of benzene rings is 1. The Labute approximate surface area is 110 Å². The molecule has 0 radical (unpaired) electrons. The maximum absolute atomic E-state index is 5.91. The SMILES string of the molecule is COc1ccc(-c2nnnn2C2CCOC2)cc1N. The van der Waals surface area contributed by atoms with Gasteiger partial charge in [0, 0.05) is 12.2 Å². The van der Waals surface area contributed by atoms with Gasteiger partial charge in [0.25, 0.3) is 0 Å². The minimum Gasteiger partial charge on any atom is -0.495 e. The van der Waals surface area contributed by atoms with Crippen LogP contribution in [-0.4, -0.2) is 40.5 Å². The van der Waals surface area contributed by atoms with Crippen LogP contribution in [0.25, 0.3) is 11.4 Å². The fourth-order valence-electron chi connectivity index (χ4n) is 2.22. The van der Waals surface area contributed by atoms with Gasteiger partial charge in [0.1, 0.15) is 5.75 Å². The van der Waals surface area contributed by atoms with E-state index in [9.17, 15) is 0 Å². The second-order valence-electron chi connectivity index (χ2n) is 4.42. The van der Waals surface area contributed by atoms with Gasteiger partial charge < -0.3 is 15.2 Å². The van der Waals surface area contributed by atoms with Crippen LogP contribution >= 0.6 is 0 Å². The standard InChI is InChI=1S/C12H15N5O2/c1-18-11-3-2-8(6-10(11)13)12-14-15-16-17(12)9-4-5-19-7-9/h2-3,6,9H,4-5,7,13H2,1H3. The van der Waals surface area contributed by atoms with E-state index in [0.717, 1.165) is 18.6 Å². The summed E-state index contributed by atoms with van der Waals surface area (Å²) in [6.45, 7) is 1.39. The predicted molar refractivity (Wildman–Crippen MR) is 68.7 cm³/mol. The van der Waals surface area contributed by atoms with E-state index in [1.165, 1.54) is 0 Å². The zero-order valence-electron chi connectivity index (χ0n) is 10.6. The molecular weight excluding hydrogens is 246 g/mol. The van der Waals surface area contributed by atoms with Crippen molar-refractivity contribution in [1.29, 1.82) is 0 Å². The summed E-state index contributed by atoms with van der Waals surface area (Å²) >= 11 is 0. The lowest BCUT2D eigenvalue weighted by Gasteiger charge is -2.11. The third-order valence-corrected chi connectivity index (χ3v) is 3.23. The van der Waals surface area contributed by atoms with Crippen molar-refractivity contribution < 1.29 is 9.47 Å². The largest absolute Gasteiger partial charge is 0.495 e. The molecule has 19 heavy (non-hydrogen) atoms. The molecule has 1 aliphatic rings. The van der Waals surface area contributed by atoms with Gasteiger partial charge in [-0.2, -0.15) is 0 Å². The Morgan fingerprint density at radius 2 is 2.37 bits per heavy atom. The molecule has 1 atom stereocenters. The second-order valence-corrected chi connectivity index (χ2v) is 4.42. The minimum absolute atomic E-state index is 0.188. The van der Waals surface area contributed by atoms with Gasteiger partial charge in [-0.25, -0.2) is 4.68 Å².